The van der Waals surface area contributed by atoms with Crippen LogP contribution in [0.5, 0.6) is 0 Å². The molecule has 3 rings (SSSR count). The van der Waals surface area contributed by atoms with Gasteiger partial charge in [0, 0.05) is 17.8 Å². The number of halogens is 2. The van der Waals surface area contributed by atoms with Crippen molar-refractivity contribution >= 4 is 27.2 Å². The van der Waals surface area contributed by atoms with E-state index in [1.165, 1.54) is 18.2 Å². The lowest BCUT2D eigenvalue weighted by molar-refractivity contribution is 0.0935. The highest BCUT2D eigenvalue weighted by Gasteiger charge is 2.29. The number of hydrogen-bond acceptors (Lipinski definition) is 6. The lowest BCUT2D eigenvalue weighted by atomic mass is 10.2. The average Bonchev–Trinajstić information content (AvgIpc) is 2.90. The van der Waals surface area contributed by atoms with Gasteiger partial charge in [0.2, 0.25) is 0 Å². The number of rotatable bonds is 4. The number of sulfone groups is 1. The molecule has 0 spiro atoms. The summed E-state index contributed by atoms with van der Waals surface area (Å²) in [7, 11) is -3.09. The fourth-order valence-corrected chi connectivity index (χ4v) is 4.08. The Morgan fingerprint density at radius 3 is 2.52 bits per heavy atom. The van der Waals surface area contributed by atoms with Crippen molar-refractivity contribution in [3.05, 3.63) is 47.7 Å². The minimum absolute atomic E-state index is 0.0279. The van der Waals surface area contributed by atoms with Gasteiger partial charge in [-0.05, 0) is 30.7 Å². The van der Waals surface area contributed by atoms with Gasteiger partial charge in [0.15, 0.2) is 33.0 Å². The topological polar surface area (TPSA) is 101 Å². The molecule has 1 amide bonds. The van der Waals surface area contributed by atoms with Gasteiger partial charge in [-0.15, -0.1) is 10.2 Å². The monoisotopic (exact) mass is 368 g/mol. The first kappa shape index (κ1) is 17.2. The third kappa shape index (κ3) is 4.27. The van der Waals surface area contributed by atoms with Crippen LogP contribution in [0.3, 0.4) is 0 Å². The molecule has 1 aliphatic rings. The van der Waals surface area contributed by atoms with Gasteiger partial charge in [0.05, 0.1) is 11.5 Å². The second kappa shape index (κ2) is 6.71. The van der Waals surface area contributed by atoms with Crippen molar-refractivity contribution in [2.45, 2.75) is 12.5 Å². The van der Waals surface area contributed by atoms with Crippen LogP contribution < -0.4 is 10.6 Å². The van der Waals surface area contributed by atoms with Gasteiger partial charge in [-0.1, -0.05) is 0 Å². The number of anilines is 2. The number of nitrogens with zero attached hydrogens (tertiary/aromatic N) is 2. The van der Waals surface area contributed by atoms with Gasteiger partial charge in [0.25, 0.3) is 5.91 Å². The summed E-state index contributed by atoms with van der Waals surface area (Å²) in [5.41, 5.74) is 0.307. The van der Waals surface area contributed by atoms with Crippen LogP contribution in [0.4, 0.5) is 20.3 Å². The maximum absolute atomic E-state index is 13.2. The van der Waals surface area contributed by atoms with Crippen molar-refractivity contribution < 1.29 is 22.0 Å². The minimum atomic E-state index is -3.09. The summed E-state index contributed by atoms with van der Waals surface area (Å²) >= 11 is 0. The van der Waals surface area contributed by atoms with Crippen LogP contribution in [0.1, 0.15) is 16.9 Å². The van der Waals surface area contributed by atoms with Crippen molar-refractivity contribution in [1.29, 1.82) is 0 Å². The van der Waals surface area contributed by atoms with Gasteiger partial charge in [-0.2, -0.15) is 0 Å². The highest BCUT2D eigenvalue weighted by molar-refractivity contribution is 7.91. The Hall–Kier alpha value is -2.62. The minimum Gasteiger partial charge on any atom is -0.347 e. The molecule has 132 valence electrons. The molecule has 1 aliphatic heterocycles. The third-order valence-corrected chi connectivity index (χ3v) is 5.42. The van der Waals surface area contributed by atoms with Crippen LogP contribution in [0, 0.1) is 11.6 Å². The van der Waals surface area contributed by atoms with Crippen molar-refractivity contribution in [2.75, 3.05) is 16.8 Å². The summed E-state index contributed by atoms with van der Waals surface area (Å²) in [5, 5.41) is 12.9. The maximum atomic E-state index is 13.2. The Bertz CT molecular complexity index is 903. The molecule has 1 aromatic carbocycles. The fourth-order valence-electron chi connectivity index (χ4n) is 2.41. The van der Waals surface area contributed by atoms with Gasteiger partial charge in [0.1, 0.15) is 0 Å². The Labute approximate surface area is 142 Å². The van der Waals surface area contributed by atoms with Crippen LogP contribution in [-0.4, -0.2) is 42.1 Å². The van der Waals surface area contributed by atoms with Crippen LogP contribution in [0.2, 0.25) is 0 Å². The second-order valence-electron chi connectivity index (χ2n) is 5.63. The smallest absolute Gasteiger partial charge is 0.272 e. The molecule has 0 bridgehead atoms. The number of amides is 1. The van der Waals surface area contributed by atoms with E-state index in [1.807, 2.05) is 0 Å². The zero-order valence-corrected chi connectivity index (χ0v) is 13.7. The molecule has 7 nitrogen and oxygen atoms in total. The van der Waals surface area contributed by atoms with E-state index in [2.05, 4.69) is 20.8 Å². The van der Waals surface area contributed by atoms with E-state index in [1.54, 1.807) is 0 Å². The van der Waals surface area contributed by atoms with Crippen molar-refractivity contribution in [3.8, 4) is 0 Å². The van der Waals surface area contributed by atoms with Crippen LogP contribution in [0.25, 0.3) is 0 Å². The highest BCUT2D eigenvalue weighted by atomic mass is 32.2. The van der Waals surface area contributed by atoms with E-state index in [9.17, 15) is 22.0 Å². The molecule has 2 heterocycles. The van der Waals surface area contributed by atoms with E-state index < -0.39 is 33.4 Å². The van der Waals surface area contributed by atoms with Crippen molar-refractivity contribution in [3.63, 3.8) is 0 Å². The largest absolute Gasteiger partial charge is 0.347 e. The fraction of sp³-hybridized carbons (Fsp3) is 0.267. The molecule has 0 radical (unpaired) electrons. The van der Waals surface area contributed by atoms with Gasteiger partial charge >= 0.3 is 0 Å². The quantitative estimate of drug-likeness (QED) is 0.846. The van der Waals surface area contributed by atoms with Crippen LogP contribution >= 0.6 is 0 Å². The lowest BCUT2D eigenvalue weighted by Gasteiger charge is -2.10. The zero-order valence-electron chi connectivity index (χ0n) is 12.9. The van der Waals surface area contributed by atoms with Gasteiger partial charge < -0.3 is 10.6 Å². The molecular formula is C15H14F2N4O3S. The normalized spacial score (nSPS) is 18.7. The number of nitrogens with one attached hydrogen (secondary N) is 2. The van der Waals surface area contributed by atoms with Crippen molar-refractivity contribution in [2.24, 2.45) is 0 Å². The summed E-state index contributed by atoms with van der Waals surface area (Å²) < 4.78 is 48.8. The molecule has 1 atom stereocenters. The molecule has 0 saturated carbocycles. The first-order valence-electron chi connectivity index (χ1n) is 7.39. The number of hydrogen-bond donors (Lipinski definition) is 2. The van der Waals surface area contributed by atoms with E-state index in [4.69, 9.17) is 0 Å². The number of carbonyl (C=O) groups excluding carboxylic acids is 1. The number of carbonyl (C=O) groups is 1. The molecular weight excluding hydrogens is 354 g/mol. The Balaban J connectivity index is 1.63. The summed E-state index contributed by atoms with van der Waals surface area (Å²) in [6, 6.07) is 5.70. The predicted molar refractivity (Wildman–Crippen MR) is 86.2 cm³/mol. The molecule has 25 heavy (non-hydrogen) atoms. The lowest BCUT2D eigenvalue weighted by Crippen LogP contribution is -2.36. The Morgan fingerprint density at radius 1 is 1.12 bits per heavy atom. The highest BCUT2D eigenvalue weighted by Crippen LogP contribution is 2.17. The van der Waals surface area contributed by atoms with E-state index in [0.717, 1.165) is 12.1 Å². The van der Waals surface area contributed by atoms with E-state index in [-0.39, 0.29) is 28.7 Å². The molecule has 1 unspecified atom stereocenters. The van der Waals surface area contributed by atoms with Gasteiger partial charge in [-0.3, -0.25) is 4.79 Å². The van der Waals surface area contributed by atoms with Gasteiger partial charge in [-0.25, -0.2) is 17.2 Å². The molecule has 1 aromatic heterocycles. The molecule has 0 aliphatic carbocycles. The van der Waals surface area contributed by atoms with Crippen molar-refractivity contribution in [1.82, 2.24) is 15.5 Å². The summed E-state index contributed by atoms with van der Waals surface area (Å²) in [5.74, 6) is -2.26. The molecule has 2 N–H and O–H groups in total. The number of benzene rings is 1. The summed E-state index contributed by atoms with van der Waals surface area (Å²) in [6.45, 7) is 0. The average molecular weight is 368 g/mol. The summed E-state index contributed by atoms with van der Waals surface area (Å²) in [4.78, 5) is 12.0. The Morgan fingerprint density at radius 2 is 1.92 bits per heavy atom. The van der Waals surface area contributed by atoms with E-state index in [0.29, 0.717) is 6.42 Å². The van der Waals surface area contributed by atoms with E-state index >= 15 is 0 Å². The second-order valence-corrected chi connectivity index (χ2v) is 7.86. The van der Waals surface area contributed by atoms with Crippen LogP contribution in [-0.2, 0) is 9.84 Å². The zero-order chi connectivity index (χ0) is 18.0. The molecule has 1 saturated heterocycles. The Kier molecular flexibility index (Phi) is 4.62. The third-order valence-electron chi connectivity index (χ3n) is 3.66. The first-order chi connectivity index (χ1) is 11.8. The summed E-state index contributed by atoms with van der Waals surface area (Å²) in [6.07, 6.45) is 0.372. The maximum Gasteiger partial charge on any atom is 0.272 e. The SMILES string of the molecule is O=C(NC1CCS(=O)(=O)C1)c1ccc(Nc2ccc(F)c(F)c2)nn1. The van der Waals surface area contributed by atoms with Crippen LogP contribution in [0.15, 0.2) is 30.3 Å². The predicted octanol–water partition coefficient (Wildman–Crippen LogP) is 1.42. The first-order valence-corrected chi connectivity index (χ1v) is 9.22. The molecule has 1 fully saturated rings. The standard InChI is InChI=1S/C15H14F2N4O3S/c16-11-2-1-9(7-12(11)17)18-14-4-3-13(20-21-14)15(22)19-10-5-6-25(23,24)8-10/h1-4,7,10H,5-6,8H2,(H,18,21)(H,19,22). The molecule has 10 heteroatoms. The number of aromatic nitrogens is 2. The molecule has 2 aromatic rings.